The highest BCUT2D eigenvalue weighted by atomic mass is 32.1. The molecule has 0 aromatic rings. The Bertz CT molecular complexity index is 218. The second-order valence-electron chi connectivity index (χ2n) is 4.78. The maximum Gasteiger partial charge on any atom is 0.232 e. The molecule has 0 radical (unpaired) electrons. The molecule has 82 valence electrons. The zero-order chi connectivity index (χ0) is 10.8. The molecule has 0 bridgehead atoms. The summed E-state index contributed by atoms with van der Waals surface area (Å²) < 4.78 is 0. The average Bonchev–Trinajstić information content (AvgIpc) is 2.22. The lowest BCUT2D eigenvalue weighted by Crippen LogP contribution is -2.38. The molecule has 1 amide bonds. The SMILES string of the molecule is CC1(C)CC(O)CCN(C(=O)CS)C1. The minimum atomic E-state index is -0.275. The molecule has 4 heteroatoms. The van der Waals surface area contributed by atoms with Gasteiger partial charge in [0, 0.05) is 13.1 Å². The first kappa shape index (κ1) is 11.9. The molecular formula is C10H19NO2S. The maximum absolute atomic E-state index is 11.5. The molecule has 0 saturated carbocycles. The summed E-state index contributed by atoms with van der Waals surface area (Å²) in [4.78, 5) is 13.3. The first-order valence-electron chi connectivity index (χ1n) is 5.01. The second-order valence-corrected chi connectivity index (χ2v) is 5.10. The highest BCUT2D eigenvalue weighted by Crippen LogP contribution is 2.28. The van der Waals surface area contributed by atoms with Crippen molar-refractivity contribution in [3.8, 4) is 0 Å². The topological polar surface area (TPSA) is 40.5 Å². The Morgan fingerprint density at radius 1 is 1.64 bits per heavy atom. The number of aliphatic hydroxyl groups is 1. The molecule has 3 nitrogen and oxygen atoms in total. The van der Waals surface area contributed by atoms with Crippen molar-refractivity contribution in [1.82, 2.24) is 4.90 Å². The highest BCUT2D eigenvalue weighted by molar-refractivity contribution is 7.81. The van der Waals surface area contributed by atoms with Crippen LogP contribution in [0.3, 0.4) is 0 Å². The van der Waals surface area contributed by atoms with Crippen LogP contribution in [-0.2, 0) is 4.79 Å². The zero-order valence-corrected chi connectivity index (χ0v) is 9.76. The molecule has 1 rings (SSSR count). The van der Waals surface area contributed by atoms with E-state index in [1.54, 1.807) is 0 Å². The van der Waals surface area contributed by atoms with Crippen molar-refractivity contribution in [1.29, 1.82) is 0 Å². The summed E-state index contributed by atoms with van der Waals surface area (Å²) in [5.41, 5.74) is 0.00846. The van der Waals surface area contributed by atoms with Crippen molar-refractivity contribution in [2.45, 2.75) is 32.8 Å². The summed E-state index contributed by atoms with van der Waals surface area (Å²) in [5.74, 6) is 0.321. The van der Waals surface area contributed by atoms with Gasteiger partial charge >= 0.3 is 0 Å². The molecule has 1 unspecified atom stereocenters. The maximum atomic E-state index is 11.5. The van der Waals surface area contributed by atoms with Crippen molar-refractivity contribution in [2.24, 2.45) is 5.41 Å². The third kappa shape index (κ3) is 3.17. The molecule has 1 N–H and O–H groups in total. The summed E-state index contributed by atoms with van der Waals surface area (Å²) in [6.07, 6.45) is 1.18. The minimum absolute atomic E-state index is 0.00846. The van der Waals surface area contributed by atoms with Crippen LogP contribution in [0.1, 0.15) is 26.7 Å². The summed E-state index contributed by atoms with van der Waals surface area (Å²) >= 11 is 3.99. The van der Waals surface area contributed by atoms with E-state index in [0.717, 1.165) is 13.0 Å². The second kappa shape index (κ2) is 4.53. The van der Waals surface area contributed by atoms with Crippen molar-refractivity contribution >= 4 is 18.5 Å². The number of carbonyl (C=O) groups excluding carboxylic acids is 1. The molecular weight excluding hydrogens is 198 g/mol. The number of rotatable bonds is 1. The Balaban J connectivity index is 2.67. The van der Waals surface area contributed by atoms with Crippen LogP contribution in [0.5, 0.6) is 0 Å². The molecule has 0 aromatic carbocycles. The number of amides is 1. The standard InChI is InChI=1S/C10H19NO2S/c1-10(2)5-8(12)3-4-11(7-10)9(13)6-14/h8,12,14H,3-7H2,1-2H3. The van der Waals surface area contributed by atoms with E-state index in [2.05, 4.69) is 26.5 Å². The number of nitrogens with zero attached hydrogens (tertiary/aromatic N) is 1. The van der Waals surface area contributed by atoms with Crippen LogP contribution in [-0.4, -0.2) is 40.9 Å². The summed E-state index contributed by atoms with van der Waals surface area (Å²) in [7, 11) is 0. The number of hydrogen-bond acceptors (Lipinski definition) is 3. The van der Waals surface area contributed by atoms with E-state index in [1.165, 1.54) is 0 Å². The van der Waals surface area contributed by atoms with Crippen LogP contribution in [0.15, 0.2) is 0 Å². The number of aliphatic hydroxyl groups excluding tert-OH is 1. The molecule has 0 aliphatic carbocycles. The molecule has 1 saturated heterocycles. The van der Waals surface area contributed by atoms with Crippen LogP contribution < -0.4 is 0 Å². The molecule has 0 aromatic heterocycles. The van der Waals surface area contributed by atoms with Gasteiger partial charge < -0.3 is 10.0 Å². The predicted octanol–water partition coefficient (Wildman–Crippen LogP) is 0.926. The van der Waals surface area contributed by atoms with Crippen LogP contribution in [0, 0.1) is 5.41 Å². The number of carbonyl (C=O) groups is 1. The lowest BCUT2D eigenvalue weighted by atomic mass is 9.87. The van der Waals surface area contributed by atoms with E-state index in [1.807, 2.05) is 4.90 Å². The van der Waals surface area contributed by atoms with E-state index in [9.17, 15) is 9.90 Å². The van der Waals surface area contributed by atoms with Crippen LogP contribution in [0.4, 0.5) is 0 Å². The van der Waals surface area contributed by atoms with Crippen LogP contribution in [0.25, 0.3) is 0 Å². The van der Waals surface area contributed by atoms with Gasteiger partial charge in [0.15, 0.2) is 0 Å². The third-order valence-corrected chi connectivity index (χ3v) is 2.90. The van der Waals surface area contributed by atoms with Crippen LogP contribution in [0.2, 0.25) is 0 Å². The lowest BCUT2D eigenvalue weighted by molar-refractivity contribution is -0.129. The molecule has 14 heavy (non-hydrogen) atoms. The fourth-order valence-corrected chi connectivity index (χ4v) is 2.22. The molecule has 1 atom stereocenters. The average molecular weight is 217 g/mol. The van der Waals surface area contributed by atoms with Crippen molar-refractivity contribution in [3.05, 3.63) is 0 Å². The van der Waals surface area contributed by atoms with Crippen molar-refractivity contribution in [3.63, 3.8) is 0 Å². The Hall–Kier alpha value is -0.220. The van der Waals surface area contributed by atoms with Gasteiger partial charge in [0.05, 0.1) is 11.9 Å². The Kier molecular flexibility index (Phi) is 3.84. The lowest BCUT2D eigenvalue weighted by Gasteiger charge is -2.29. The highest BCUT2D eigenvalue weighted by Gasteiger charge is 2.30. The normalized spacial score (nSPS) is 27.1. The van der Waals surface area contributed by atoms with Gasteiger partial charge in [-0.15, -0.1) is 0 Å². The summed E-state index contributed by atoms with van der Waals surface area (Å²) in [6.45, 7) is 5.55. The quantitative estimate of drug-likeness (QED) is 0.641. The first-order valence-corrected chi connectivity index (χ1v) is 5.64. The number of likely N-dealkylation sites (tertiary alicyclic amines) is 1. The summed E-state index contributed by atoms with van der Waals surface area (Å²) in [6, 6.07) is 0. The summed E-state index contributed by atoms with van der Waals surface area (Å²) in [5, 5.41) is 9.64. The number of hydrogen-bond donors (Lipinski definition) is 2. The zero-order valence-electron chi connectivity index (χ0n) is 8.86. The van der Waals surface area contributed by atoms with Gasteiger partial charge in [-0.2, -0.15) is 12.6 Å². The fourth-order valence-electron chi connectivity index (χ4n) is 2.02. The van der Waals surface area contributed by atoms with E-state index in [-0.39, 0.29) is 23.2 Å². The van der Waals surface area contributed by atoms with E-state index in [4.69, 9.17) is 0 Å². The molecule has 0 spiro atoms. The van der Waals surface area contributed by atoms with Crippen molar-refractivity contribution in [2.75, 3.05) is 18.8 Å². The molecule has 1 fully saturated rings. The van der Waals surface area contributed by atoms with Gasteiger partial charge in [-0.1, -0.05) is 13.8 Å². The van der Waals surface area contributed by atoms with Gasteiger partial charge in [0.2, 0.25) is 5.91 Å². The minimum Gasteiger partial charge on any atom is -0.393 e. The first-order chi connectivity index (χ1) is 6.44. The monoisotopic (exact) mass is 217 g/mol. The largest absolute Gasteiger partial charge is 0.393 e. The van der Waals surface area contributed by atoms with Gasteiger partial charge in [-0.05, 0) is 18.3 Å². The van der Waals surface area contributed by atoms with Crippen molar-refractivity contribution < 1.29 is 9.90 Å². The van der Waals surface area contributed by atoms with E-state index >= 15 is 0 Å². The van der Waals surface area contributed by atoms with Gasteiger partial charge in [-0.25, -0.2) is 0 Å². The van der Waals surface area contributed by atoms with Crippen LogP contribution >= 0.6 is 12.6 Å². The number of thiol groups is 1. The van der Waals surface area contributed by atoms with Gasteiger partial charge in [0.1, 0.15) is 0 Å². The molecule has 1 aliphatic rings. The third-order valence-electron chi connectivity index (χ3n) is 2.63. The van der Waals surface area contributed by atoms with Gasteiger partial charge in [0.25, 0.3) is 0 Å². The van der Waals surface area contributed by atoms with E-state index < -0.39 is 0 Å². The Morgan fingerprint density at radius 3 is 2.86 bits per heavy atom. The van der Waals surface area contributed by atoms with Gasteiger partial charge in [-0.3, -0.25) is 4.79 Å². The van der Waals surface area contributed by atoms with E-state index in [0.29, 0.717) is 13.0 Å². The fraction of sp³-hybridized carbons (Fsp3) is 0.900. The molecule has 1 heterocycles. The predicted molar refractivity (Wildman–Crippen MR) is 59.5 cm³/mol. The molecule has 1 aliphatic heterocycles. The smallest absolute Gasteiger partial charge is 0.232 e. The Labute approximate surface area is 90.9 Å². The Morgan fingerprint density at radius 2 is 2.29 bits per heavy atom.